The van der Waals surface area contributed by atoms with Crippen molar-refractivity contribution in [3.63, 3.8) is 0 Å². The van der Waals surface area contributed by atoms with Gasteiger partial charge in [0.25, 0.3) is 0 Å². The summed E-state index contributed by atoms with van der Waals surface area (Å²) in [5.41, 5.74) is 1.26. The molecule has 1 saturated carbocycles. The molecule has 1 heterocycles. The van der Waals surface area contributed by atoms with Crippen LogP contribution in [0.5, 0.6) is 17.2 Å². The van der Waals surface area contributed by atoms with Gasteiger partial charge in [0.2, 0.25) is 5.75 Å². The summed E-state index contributed by atoms with van der Waals surface area (Å²) in [6, 6.07) is 5.12. The lowest BCUT2D eigenvalue weighted by molar-refractivity contribution is -1.02. The van der Waals surface area contributed by atoms with Crippen LogP contribution in [0.2, 0.25) is 0 Å². The van der Waals surface area contributed by atoms with Crippen molar-refractivity contribution in [2.75, 3.05) is 54.1 Å². The molecule has 28 heavy (non-hydrogen) atoms. The molecule has 1 aromatic carbocycles. The van der Waals surface area contributed by atoms with Crippen LogP contribution in [0.1, 0.15) is 37.7 Å². The van der Waals surface area contributed by atoms with E-state index >= 15 is 0 Å². The van der Waals surface area contributed by atoms with Gasteiger partial charge in [0.15, 0.2) is 11.5 Å². The largest absolute Gasteiger partial charge is 1.00 e. The number of benzene rings is 1. The molecule has 0 unspecified atom stereocenters. The third-order valence-electron chi connectivity index (χ3n) is 6.27. The Morgan fingerprint density at radius 1 is 0.821 bits per heavy atom. The predicted octanol–water partition coefficient (Wildman–Crippen LogP) is -5.62. The highest BCUT2D eigenvalue weighted by molar-refractivity contribution is 5.53. The summed E-state index contributed by atoms with van der Waals surface area (Å²) in [6.45, 7) is 6.47. The fraction of sp³-hybridized carbons (Fsp3) is 0.714. The van der Waals surface area contributed by atoms with Gasteiger partial charge in [-0.25, -0.2) is 0 Å². The van der Waals surface area contributed by atoms with Crippen molar-refractivity contribution < 1.29 is 48.8 Å². The maximum absolute atomic E-state index is 5.48. The van der Waals surface area contributed by atoms with E-state index in [-0.39, 0.29) is 24.8 Å². The minimum Gasteiger partial charge on any atom is -1.00 e. The fourth-order valence-electron chi connectivity index (χ4n) is 4.69. The molecule has 0 radical (unpaired) electrons. The lowest BCUT2D eigenvalue weighted by atomic mass is 9.94. The Kier molecular flexibility index (Phi) is 11.4. The van der Waals surface area contributed by atoms with Crippen LogP contribution in [0.4, 0.5) is 0 Å². The van der Waals surface area contributed by atoms with E-state index < -0.39 is 0 Å². The van der Waals surface area contributed by atoms with E-state index in [1.165, 1.54) is 70.4 Å². The van der Waals surface area contributed by atoms with Crippen LogP contribution in [-0.2, 0) is 6.42 Å². The summed E-state index contributed by atoms with van der Waals surface area (Å²) in [6.07, 6.45) is 8.31. The second-order valence-corrected chi connectivity index (χ2v) is 7.78. The third-order valence-corrected chi connectivity index (χ3v) is 6.27. The number of nitrogens with one attached hydrogen (secondary N) is 2. The van der Waals surface area contributed by atoms with Crippen molar-refractivity contribution in [2.24, 2.45) is 0 Å². The highest BCUT2D eigenvalue weighted by Crippen LogP contribution is 2.38. The summed E-state index contributed by atoms with van der Waals surface area (Å²) < 4.78 is 16.4. The molecule has 2 aliphatic rings. The van der Waals surface area contributed by atoms with E-state index in [0.29, 0.717) is 5.75 Å². The molecule has 0 spiro atoms. The molecule has 3 rings (SSSR count). The van der Waals surface area contributed by atoms with E-state index in [2.05, 4.69) is 12.1 Å². The van der Waals surface area contributed by atoms with E-state index in [1.807, 2.05) is 4.90 Å². The Balaban J connectivity index is 0.00000196. The van der Waals surface area contributed by atoms with Gasteiger partial charge in [0, 0.05) is 6.42 Å². The van der Waals surface area contributed by atoms with Crippen LogP contribution >= 0.6 is 0 Å². The van der Waals surface area contributed by atoms with E-state index in [0.717, 1.165) is 24.0 Å². The molecule has 0 bridgehead atoms. The molecule has 0 aromatic heterocycles. The van der Waals surface area contributed by atoms with Crippen molar-refractivity contribution in [1.82, 2.24) is 0 Å². The first-order valence-electron chi connectivity index (χ1n) is 10.2. The van der Waals surface area contributed by atoms with Crippen molar-refractivity contribution >= 4 is 0 Å². The van der Waals surface area contributed by atoms with E-state index in [1.54, 1.807) is 26.2 Å². The number of piperazine rings is 1. The first-order chi connectivity index (χ1) is 12.7. The van der Waals surface area contributed by atoms with Crippen molar-refractivity contribution in [2.45, 2.75) is 44.6 Å². The number of halogens is 2. The van der Waals surface area contributed by atoms with E-state index in [9.17, 15) is 0 Å². The summed E-state index contributed by atoms with van der Waals surface area (Å²) in [4.78, 5) is 3.61. The number of quaternary nitrogens is 2. The molecule has 1 aliphatic carbocycles. The zero-order valence-corrected chi connectivity index (χ0v) is 19.0. The SMILES string of the molecule is COc1cc(CC[NH+]2CC[NH+](C3CCCCC3)CC2)cc(OC)c1OC.[Cl-].[Cl-]. The molecule has 0 amide bonds. The maximum atomic E-state index is 5.48. The first-order valence-corrected chi connectivity index (χ1v) is 10.2. The smallest absolute Gasteiger partial charge is 0.203 e. The standard InChI is InChI=1S/C21H34N2O3.2ClH/c1-24-19-15-17(16-20(25-2)21(19)26-3)9-10-22-11-13-23(14-12-22)18-7-5-4-6-8-18;;/h15-16,18H,4-14H2,1-3H3;2*1H. The maximum Gasteiger partial charge on any atom is 0.203 e. The molecule has 2 N–H and O–H groups in total. The summed E-state index contributed by atoms with van der Waals surface area (Å²) in [7, 11) is 5.01. The van der Waals surface area contributed by atoms with Crippen LogP contribution in [0.15, 0.2) is 12.1 Å². The molecule has 2 fully saturated rings. The first kappa shape index (κ1) is 25.2. The number of methoxy groups -OCH3 is 3. The molecule has 162 valence electrons. The molecular weight excluding hydrogens is 399 g/mol. The van der Waals surface area contributed by atoms with Crippen molar-refractivity contribution in [3.05, 3.63) is 17.7 Å². The topological polar surface area (TPSA) is 36.6 Å². The van der Waals surface area contributed by atoms with Gasteiger partial charge in [-0.2, -0.15) is 0 Å². The fourth-order valence-corrected chi connectivity index (χ4v) is 4.69. The van der Waals surface area contributed by atoms with E-state index in [4.69, 9.17) is 14.2 Å². The lowest BCUT2D eigenvalue weighted by Crippen LogP contribution is -3.29. The second-order valence-electron chi connectivity index (χ2n) is 7.78. The van der Waals surface area contributed by atoms with Crippen LogP contribution < -0.4 is 48.8 Å². The van der Waals surface area contributed by atoms with Gasteiger partial charge in [-0.05, 0) is 43.4 Å². The Hall–Kier alpha value is -0.880. The van der Waals surface area contributed by atoms with Gasteiger partial charge in [-0.3, -0.25) is 0 Å². The molecular formula is C21H36Cl2N2O3. The number of hydrogen-bond acceptors (Lipinski definition) is 3. The predicted molar refractivity (Wildman–Crippen MR) is 103 cm³/mol. The van der Waals surface area contributed by atoms with Crippen molar-refractivity contribution in [3.8, 4) is 17.2 Å². The quantitative estimate of drug-likeness (QED) is 0.449. The molecule has 1 saturated heterocycles. The molecule has 5 nitrogen and oxygen atoms in total. The van der Waals surface area contributed by atoms with Gasteiger partial charge < -0.3 is 48.8 Å². The second kappa shape index (κ2) is 12.6. The number of hydrogen-bond donors (Lipinski definition) is 2. The zero-order valence-electron chi connectivity index (χ0n) is 17.5. The Morgan fingerprint density at radius 3 is 1.89 bits per heavy atom. The summed E-state index contributed by atoms with van der Waals surface area (Å²) in [5, 5.41) is 0. The third kappa shape index (κ3) is 6.31. The minimum absolute atomic E-state index is 0. The zero-order chi connectivity index (χ0) is 18.4. The lowest BCUT2D eigenvalue weighted by Gasteiger charge is -2.36. The van der Waals surface area contributed by atoms with Crippen molar-refractivity contribution in [1.29, 1.82) is 0 Å². The number of rotatable bonds is 7. The summed E-state index contributed by atoms with van der Waals surface area (Å²) >= 11 is 0. The van der Waals surface area contributed by atoms with Gasteiger partial charge in [0.05, 0.1) is 33.9 Å². The van der Waals surface area contributed by atoms with Crippen LogP contribution in [0.25, 0.3) is 0 Å². The van der Waals surface area contributed by atoms with Gasteiger partial charge in [0.1, 0.15) is 26.2 Å². The summed E-state index contributed by atoms with van der Waals surface area (Å²) in [5.74, 6) is 2.18. The average molecular weight is 435 g/mol. The number of ether oxygens (including phenoxy) is 3. The Labute approximate surface area is 182 Å². The Morgan fingerprint density at radius 2 is 1.39 bits per heavy atom. The van der Waals surface area contributed by atoms with Crippen LogP contribution in [-0.4, -0.2) is 60.1 Å². The monoisotopic (exact) mass is 434 g/mol. The Bertz CT molecular complexity index is 550. The van der Waals surface area contributed by atoms with Gasteiger partial charge in [-0.1, -0.05) is 6.42 Å². The van der Waals surface area contributed by atoms with Gasteiger partial charge in [-0.15, -0.1) is 0 Å². The average Bonchev–Trinajstić information content (AvgIpc) is 2.72. The molecule has 0 atom stereocenters. The van der Waals surface area contributed by atoms with Gasteiger partial charge >= 0.3 is 0 Å². The molecule has 1 aliphatic heterocycles. The molecule has 7 heteroatoms. The normalized spacial score (nSPS) is 22.5. The highest BCUT2D eigenvalue weighted by Gasteiger charge is 2.30. The molecule has 1 aromatic rings. The minimum atomic E-state index is 0. The highest BCUT2D eigenvalue weighted by atomic mass is 35.5. The van der Waals surface area contributed by atoms with Crippen LogP contribution in [0.3, 0.4) is 0 Å². The van der Waals surface area contributed by atoms with Crippen LogP contribution in [0, 0.1) is 0 Å².